The monoisotopic (exact) mass is 331 g/mol. The topological polar surface area (TPSA) is 84.7 Å². The van der Waals surface area contributed by atoms with Crippen molar-refractivity contribution in [3.05, 3.63) is 41.7 Å². The van der Waals surface area contributed by atoms with Crippen molar-refractivity contribution in [3.8, 4) is 0 Å². The number of carbonyl (C=O) groups excluding carboxylic acids is 2. The molecule has 0 fully saturated rings. The molecule has 1 N–H and O–H groups in total. The highest BCUT2D eigenvalue weighted by molar-refractivity contribution is 5.94. The van der Waals surface area contributed by atoms with E-state index in [1.165, 1.54) is 0 Å². The summed E-state index contributed by atoms with van der Waals surface area (Å²) in [5, 5.41) is 6.41. The zero-order valence-corrected chi connectivity index (χ0v) is 14.0. The van der Waals surface area contributed by atoms with Crippen molar-refractivity contribution in [2.24, 2.45) is 0 Å². The molecule has 0 aliphatic heterocycles. The fraction of sp³-hybridized carbons (Fsp3) is 0.353. The first kappa shape index (κ1) is 17.5. The Morgan fingerprint density at radius 1 is 1.29 bits per heavy atom. The van der Waals surface area contributed by atoms with Crippen molar-refractivity contribution >= 4 is 23.4 Å². The van der Waals surface area contributed by atoms with Gasteiger partial charge in [0.25, 0.3) is 0 Å². The van der Waals surface area contributed by atoms with Crippen LogP contribution in [0.15, 0.2) is 34.9 Å². The number of carbonyl (C=O) groups is 2. The first-order chi connectivity index (χ1) is 11.5. The minimum Gasteiger partial charge on any atom is -0.462 e. The summed E-state index contributed by atoms with van der Waals surface area (Å²) >= 11 is 0. The van der Waals surface area contributed by atoms with E-state index in [1.807, 2.05) is 17.9 Å². The lowest BCUT2D eigenvalue weighted by Crippen LogP contribution is -2.33. The van der Waals surface area contributed by atoms with E-state index in [2.05, 4.69) is 10.5 Å². The summed E-state index contributed by atoms with van der Waals surface area (Å²) in [6.07, 6.45) is 0. The van der Waals surface area contributed by atoms with E-state index in [-0.39, 0.29) is 18.4 Å². The van der Waals surface area contributed by atoms with Gasteiger partial charge in [-0.1, -0.05) is 11.2 Å². The second-order valence-corrected chi connectivity index (χ2v) is 5.16. The van der Waals surface area contributed by atoms with Gasteiger partial charge in [0.2, 0.25) is 5.91 Å². The third-order valence-corrected chi connectivity index (χ3v) is 3.33. The second-order valence-electron chi connectivity index (χ2n) is 5.16. The summed E-state index contributed by atoms with van der Waals surface area (Å²) in [7, 11) is 0. The van der Waals surface area contributed by atoms with E-state index in [4.69, 9.17) is 9.26 Å². The third-order valence-electron chi connectivity index (χ3n) is 3.33. The fourth-order valence-corrected chi connectivity index (χ4v) is 2.21. The van der Waals surface area contributed by atoms with Crippen molar-refractivity contribution in [2.75, 3.05) is 29.9 Å². The Kier molecular flexibility index (Phi) is 5.95. The van der Waals surface area contributed by atoms with Crippen LogP contribution in [0.1, 0.15) is 30.0 Å². The predicted octanol–water partition coefficient (Wildman–Crippen LogP) is 2.62. The van der Waals surface area contributed by atoms with Gasteiger partial charge in [-0.25, -0.2) is 4.79 Å². The Labute approximate surface area is 140 Å². The molecule has 0 saturated heterocycles. The Morgan fingerprint density at radius 3 is 2.71 bits per heavy atom. The number of ether oxygens (including phenoxy) is 1. The van der Waals surface area contributed by atoms with Gasteiger partial charge in [-0.3, -0.25) is 4.79 Å². The van der Waals surface area contributed by atoms with E-state index >= 15 is 0 Å². The van der Waals surface area contributed by atoms with E-state index in [0.29, 0.717) is 30.3 Å². The van der Waals surface area contributed by atoms with Gasteiger partial charge in [0.15, 0.2) is 5.82 Å². The molecule has 0 spiro atoms. The summed E-state index contributed by atoms with van der Waals surface area (Å²) in [6, 6.07) is 8.67. The maximum atomic E-state index is 12.2. The standard InChI is InChI=1S/C17H21N3O4/c1-4-20(11-16(21)18-15-9-12(3)24-19-15)14-8-6-7-13(10-14)17(22)23-5-2/h6-10H,4-5,11H2,1-3H3,(H,18,19,21). The van der Waals surface area contributed by atoms with Crippen LogP contribution in [0.3, 0.4) is 0 Å². The van der Waals surface area contributed by atoms with Crippen molar-refractivity contribution < 1.29 is 18.8 Å². The number of benzene rings is 1. The van der Waals surface area contributed by atoms with Gasteiger partial charge in [0.05, 0.1) is 18.7 Å². The number of amides is 1. The zero-order valence-electron chi connectivity index (χ0n) is 14.0. The highest BCUT2D eigenvalue weighted by Gasteiger charge is 2.14. The van der Waals surface area contributed by atoms with Crippen molar-refractivity contribution in [3.63, 3.8) is 0 Å². The average molecular weight is 331 g/mol. The molecule has 7 nitrogen and oxygen atoms in total. The molecule has 1 amide bonds. The number of nitrogens with zero attached hydrogens (tertiary/aromatic N) is 2. The predicted molar refractivity (Wildman–Crippen MR) is 90.2 cm³/mol. The number of anilines is 2. The molecule has 0 saturated carbocycles. The average Bonchev–Trinajstić information content (AvgIpc) is 2.97. The van der Waals surface area contributed by atoms with Crippen molar-refractivity contribution in [2.45, 2.75) is 20.8 Å². The van der Waals surface area contributed by atoms with Crippen molar-refractivity contribution in [1.82, 2.24) is 5.16 Å². The number of hydrogen-bond acceptors (Lipinski definition) is 6. The van der Waals surface area contributed by atoms with Crippen molar-refractivity contribution in [1.29, 1.82) is 0 Å². The minimum atomic E-state index is -0.377. The van der Waals surface area contributed by atoms with E-state index in [9.17, 15) is 9.59 Å². The van der Waals surface area contributed by atoms with Crippen LogP contribution in [0.25, 0.3) is 0 Å². The first-order valence-electron chi connectivity index (χ1n) is 7.78. The Bertz CT molecular complexity index is 711. The lowest BCUT2D eigenvalue weighted by molar-refractivity contribution is -0.115. The molecular weight excluding hydrogens is 310 g/mol. The molecule has 0 radical (unpaired) electrons. The first-order valence-corrected chi connectivity index (χ1v) is 7.78. The van der Waals surface area contributed by atoms with Crippen LogP contribution in [0.4, 0.5) is 11.5 Å². The number of hydrogen-bond donors (Lipinski definition) is 1. The molecule has 2 aromatic rings. The SMILES string of the molecule is CCOC(=O)c1cccc(N(CC)CC(=O)Nc2cc(C)on2)c1. The molecule has 1 aromatic carbocycles. The Morgan fingerprint density at radius 2 is 2.08 bits per heavy atom. The molecule has 2 rings (SSSR count). The summed E-state index contributed by atoms with van der Waals surface area (Å²) in [6.45, 7) is 6.51. The quantitative estimate of drug-likeness (QED) is 0.785. The number of likely N-dealkylation sites (N-methyl/N-ethyl adjacent to an activating group) is 1. The largest absolute Gasteiger partial charge is 0.462 e. The summed E-state index contributed by atoms with van der Waals surface area (Å²) in [5.41, 5.74) is 1.23. The Balaban J connectivity index is 2.06. The van der Waals surface area contributed by atoms with Gasteiger partial charge in [0, 0.05) is 18.3 Å². The van der Waals surface area contributed by atoms with Gasteiger partial charge in [-0.05, 0) is 39.0 Å². The van der Waals surface area contributed by atoms with Crippen LogP contribution in [-0.2, 0) is 9.53 Å². The van der Waals surface area contributed by atoms with Crippen LogP contribution in [0, 0.1) is 6.92 Å². The number of aromatic nitrogens is 1. The van der Waals surface area contributed by atoms with Crippen LogP contribution < -0.4 is 10.2 Å². The molecule has 0 aliphatic rings. The van der Waals surface area contributed by atoms with E-state index < -0.39 is 0 Å². The van der Waals surface area contributed by atoms with E-state index in [1.54, 1.807) is 38.1 Å². The minimum absolute atomic E-state index is 0.134. The molecule has 24 heavy (non-hydrogen) atoms. The molecule has 0 bridgehead atoms. The maximum Gasteiger partial charge on any atom is 0.338 e. The maximum absolute atomic E-state index is 12.2. The van der Waals surface area contributed by atoms with Crippen LogP contribution in [0.5, 0.6) is 0 Å². The molecule has 0 aliphatic carbocycles. The fourth-order valence-electron chi connectivity index (χ4n) is 2.21. The second kappa shape index (κ2) is 8.14. The van der Waals surface area contributed by atoms with Crippen LogP contribution in [-0.4, -0.2) is 36.7 Å². The highest BCUT2D eigenvalue weighted by Crippen LogP contribution is 2.17. The third kappa shape index (κ3) is 4.58. The number of nitrogens with one attached hydrogen (secondary N) is 1. The molecule has 0 unspecified atom stereocenters. The van der Waals surface area contributed by atoms with Crippen LogP contribution >= 0.6 is 0 Å². The van der Waals surface area contributed by atoms with Gasteiger partial charge in [0.1, 0.15) is 5.76 Å². The summed E-state index contributed by atoms with van der Waals surface area (Å²) in [4.78, 5) is 25.8. The molecule has 128 valence electrons. The number of aryl methyl sites for hydroxylation is 1. The molecule has 1 heterocycles. The van der Waals surface area contributed by atoms with Gasteiger partial charge in [-0.15, -0.1) is 0 Å². The molecule has 7 heteroatoms. The van der Waals surface area contributed by atoms with Gasteiger partial charge in [-0.2, -0.15) is 0 Å². The molecule has 0 atom stereocenters. The molecule has 1 aromatic heterocycles. The smallest absolute Gasteiger partial charge is 0.338 e. The summed E-state index contributed by atoms with van der Waals surface area (Å²) in [5.74, 6) is 0.415. The van der Waals surface area contributed by atoms with Gasteiger partial charge < -0.3 is 19.5 Å². The number of esters is 1. The normalized spacial score (nSPS) is 10.3. The van der Waals surface area contributed by atoms with Gasteiger partial charge >= 0.3 is 5.97 Å². The summed E-state index contributed by atoms with van der Waals surface area (Å²) < 4.78 is 9.92. The van der Waals surface area contributed by atoms with Crippen LogP contribution in [0.2, 0.25) is 0 Å². The number of rotatable bonds is 7. The lowest BCUT2D eigenvalue weighted by Gasteiger charge is -2.22. The molecular formula is C17H21N3O4. The lowest BCUT2D eigenvalue weighted by atomic mass is 10.2. The highest BCUT2D eigenvalue weighted by atomic mass is 16.5. The van der Waals surface area contributed by atoms with E-state index in [0.717, 1.165) is 5.69 Å². The zero-order chi connectivity index (χ0) is 17.5. The Hall–Kier alpha value is -2.83.